The minimum atomic E-state index is 0.602. The Balaban J connectivity index is 0.000000220. The summed E-state index contributed by atoms with van der Waals surface area (Å²) in [7, 11) is 0. The molecule has 0 fully saturated rings. The van der Waals surface area contributed by atoms with Gasteiger partial charge in [0, 0.05) is 29.5 Å². The molecule has 4 rings (SSSR count). The fourth-order valence-electron chi connectivity index (χ4n) is 2.23. The molecular weight excluding hydrogens is 284 g/mol. The molecule has 2 aromatic carbocycles. The Morgan fingerprint density at radius 1 is 0.783 bits per heavy atom. The molecule has 114 valence electrons. The molecule has 2 aromatic heterocycles. The van der Waals surface area contributed by atoms with Crippen LogP contribution in [0.15, 0.2) is 91.4 Å². The van der Waals surface area contributed by atoms with Crippen LogP contribution in [-0.2, 0) is 6.61 Å². The molecule has 0 saturated carbocycles. The third-order valence-corrected chi connectivity index (χ3v) is 3.36. The standard InChI is InChI=1S/C15H13NO.C5H5N/c1-2-5-12(6-3-1)11-17-15-8-4-7-14-13(15)9-10-16-14;1-2-4-6-5-3-1/h1-10,16H,11H2;1-5H. The van der Waals surface area contributed by atoms with Gasteiger partial charge in [0.15, 0.2) is 0 Å². The van der Waals surface area contributed by atoms with Crippen molar-refractivity contribution in [2.24, 2.45) is 0 Å². The van der Waals surface area contributed by atoms with E-state index in [1.807, 2.05) is 66.9 Å². The first-order valence-corrected chi connectivity index (χ1v) is 7.51. The molecule has 2 heterocycles. The lowest BCUT2D eigenvalue weighted by Gasteiger charge is -2.07. The predicted octanol–water partition coefficient (Wildman–Crippen LogP) is 4.83. The quantitative estimate of drug-likeness (QED) is 0.588. The van der Waals surface area contributed by atoms with E-state index in [9.17, 15) is 0 Å². The van der Waals surface area contributed by atoms with Crippen LogP contribution in [0.3, 0.4) is 0 Å². The zero-order valence-electron chi connectivity index (χ0n) is 12.7. The van der Waals surface area contributed by atoms with Crippen LogP contribution in [0.25, 0.3) is 10.9 Å². The summed E-state index contributed by atoms with van der Waals surface area (Å²) in [6, 6.07) is 24.0. The summed E-state index contributed by atoms with van der Waals surface area (Å²) in [5.74, 6) is 0.924. The van der Waals surface area contributed by atoms with E-state index in [1.54, 1.807) is 12.4 Å². The summed E-state index contributed by atoms with van der Waals surface area (Å²) < 4.78 is 5.84. The fourth-order valence-corrected chi connectivity index (χ4v) is 2.23. The Bertz CT molecular complexity index is 799. The van der Waals surface area contributed by atoms with Gasteiger partial charge in [-0.1, -0.05) is 42.5 Å². The summed E-state index contributed by atoms with van der Waals surface area (Å²) >= 11 is 0. The van der Waals surface area contributed by atoms with Crippen molar-refractivity contribution >= 4 is 10.9 Å². The van der Waals surface area contributed by atoms with E-state index in [2.05, 4.69) is 22.1 Å². The molecule has 0 spiro atoms. The van der Waals surface area contributed by atoms with Crippen molar-refractivity contribution in [1.29, 1.82) is 0 Å². The Kier molecular flexibility index (Phi) is 5.04. The molecule has 0 aliphatic heterocycles. The highest BCUT2D eigenvalue weighted by molar-refractivity contribution is 5.85. The number of rotatable bonds is 3. The monoisotopic (exact) mass is 302 g/mol. The SMILES string of the molecule is c1ccc(COc2cccc3[nH]ccc23)cc1.c1ccncc1. The van der Waals surface area contributed by atoms with Crippen LogP contribution in [-0.4, -0.2) is 9.97 Å². The predicted molar refractivity (Wildman–Crippen MR) is 93.3 cm³/mol. The van der Waals surface area contributed by atoms with Crippen LogP contribution >= 0.6 is 0 Å². The summed E-state index contributed by atoms with van der Waals surface area (Å²) in [5, 5.41) is 1.13. The molecule has 0 unspecified atom stereocenters. The number of nitrogens with one attached hydrogen (secondary N) is 1. The molecule has 0 radical (unpaired) electrons. The van der Waals surface area contributed by atoms with E-state index < -0.39 is 0 Å². The largest absolute Gasteiger partial charge is 0.488 e. The van der Waals surface area contributed by atoms with Gasteiger partial charge in [-0.05, 0) is 35.9 Å². The van der Waals surface area contributed by atoms with Gasteiger partial charge in [-0.2, -0.15) is 0 Å². The highest BCUT2D eigenvalue weighted by Gasteiger charge is 2.02. The number of benzene rings is 2. The van der Waals surface area contributed by atoms with E-state index in [1.165, 1.54) is 5.56 Å². The molecule has 23 heavy (non-hydrogen) atoms. The van der Waals surface area contributed by atoms with Gasteiger partial charge in [-0.25, -0.2) is 0 Å². The molecule has 0 saturated heterocycles. The minimum absolute atomic E-state index is 0.602. The first kappa shape index (κ1) is 14.9. The third kappa shape index (κ3) is 4.20. The zero-order valence-corrected chi connectivity index (χ0v) is 12.7. The van der Waals surface area contributed by atoms with Gasteiger partial charge >= 0.3 is 0 Å². The molecule has 3 heteroatoms. The van der Waals surface area contributed by atoms with Gasteiger partial charge in [0.05, 0.1) is 0 Å². The van der Waals surface area contributed by atoms with Crippen LogP contribution in [0.4, 0.5) is 0 Å². The summed E-state index contributed by atoms with van der Waals surface area (Å²) in [6.07, 6.45) is 5.43. The van der Waals surface area contributed by atoms with Crippen molar-refractivity contribution in [3.63, 3.8) is 0 Å². The van der Waals surface area contributed by atoms with Crippen molar-refractivity contribution in [3.8, 4) is 5.75 Å². The minimum Gasteiger partial charge on any atom is -0.488 e. The Hall–Kier alpha value is -3.07. The van der Waals surface area contributed by atoms with E-state index in [4.69, 9.17) is 4.74 Å². The van der Waals surface area contributed by atoms with Crippen LogP contribution in [0.5, 0.6) is 5.75 Å². The normalized spacial score (nSPS) is 9.91. The second kappa shape index (κ2) is 7.80. The maximum Gasteiger partial charge on any atom is 0.129 e. The number of hydrogen-bond donors (Lipinski definition) is 1. The highest BCUT2D eigenvalue weighted by Crippen LogP contribution is 2.25. The number of hydrogen-bond acceptors (Lipinski definition) is 2. The average Bonchev–Trinajstić information content (AvgIpc) is 3.12. The number of nitrogens with zero attached hydrogens (tertiary/aromatic N) is 1. The van der Waals surface area contributed by atoms with Crippen molar-refractivity contribution in [2.75, 3.05) is 0 Å². The van der Waals surface area contributed by atoms with E-state index in [-0.39, 0.29) is 0 Å². The topological polar surface area (TPSA) is 37.9 Å². The molecule has 3 nitrogen and oxygen atoms in total. The maximum absolute atomic E-state index is 5.84. The van der Waals surface area contributed by atoms with Crippen LogP contribution in [0.2, 0.25) is 0 Å². The van der Waals surface area contributed by atoms with Gasteiger partial charge in [0.25, 0.3) is 0 Å². The number of ether oxygens (including phenoxy) is 1. The van der Waals surface area contributed by atoms with Crippen molar-refractivity contribution in [1.82, 2.24) is 9.97 Å². The highest BCUT2D eigenvalue weighted by atomic mass is 16.5. The van der Waals surface area contributed by atoms with Crippen molar-refractivity contribution in [3.05, 3.63) is 97.0 Å². The molecule has 0 aliphatic carbocycles. The van der Waals surface area contributed by atoms with Crippen molar-refractivity contribution < 1.29 is 4.74 Å². The van der Waals surface area contributed by atoms with Gasteiger partial charge in [-0.15, -0.1) is 0 Å². The van der Waals surface area contributed by atoms with Crippen molar-refractivity contribution in [2.45, 2.75) is 6.61 Å². The molecule has 0 atom stereocenters. The molecular formula is C20H18N2O. The Morgan fingerprint density at radius 2 is 1.57 bits per heavy atom. The van der Waals surface area contributed by atoms with Crippen LogP contribution < -0.4 is 4.74 Å². The first-order chi connectivity index (χ1) is 11.4. The molecule has 0 amide bonds. The number of aromatic nitrogens is 2. The van der Waals surface area contributed by atoms with Gasteiger partial charge < -0.3 is 9.72 Å². The van der Waals surface area contributed by atoms with E-state index in [0.717, 1.165) is 16.7 Å². The maximum atomic E-state index is 5.84. The van der Waals surface area contributed by atoms with E-state index in [0.29, 0.717) is 6.61 Å². The molecule has 1 N–H and O–H groups in total. The van der Waals surface area contributed by atoms with Crippen LogP contribution in [0.1, 0.15) is 5.56 Å². The lowest BCUT2D eigenvalue weighted by atomic mass is 10.2. The molecule has 4 aromatic rings. The lowest BCUT2D eigenvalue weighted by molar-refractivity contribution is 0.310. The van der Waals surface area contributed by atoms with Gasteiger partial charge in [0.2, 0.25) is 0 Å². The number of fused-ring (bicyclic) bond motifs is 1. The lowest BCUT2D eigenvalue weighted by Crippen LogP contribution is -1.94. The van der Waals surface area contributed by atoms with Gasteiger partial charge in [-0.3, -0.25) is 4.98 Å². The molecule has 0 aliphatic rings. The van der Waals surface area contributed by atoms with E-state index >= 15 is 0 Å². The summed E-state index contributed by atoms with van der Waals surface area (Å²) in [5.41, 5.74) is 2.29. The number of aromatic amines is 1. The number of pyridine rings is 1. The summed E-state index contributed by atoms with van der Waals surface area (Å²) in [4.78, 5) is 6.96. The molecule has 0 bridgehead atoms. The second-order valence-electron chi connectivity index (χ2n) is 4.99. The second-order valence-corrected chi connectivity index (χ2v) is 4.99. The average molecular weight is 302 g/mol. The smallest absolute Gasteiger partial charge is 0.129 e. The zero-order chi connectivity index (χ0) is 15.7. The van der Waals surface area contributed by atoms with Gasteiger partial charge in [0.1, 0.15) is 12.4 Å². The Labute approximate surface area is 135 Å². The fraction of sp³-hybridized carbons (Fsp3) is 0.0500. The number of H-pyrrole nitrogens is 1. The first-order valence-electron chi connectivity index (χ1n) is 7.51. The van der Waals surface area contributed by atoms with Crippen LogP contribution in [0, 0.1) is 0 Å². The summed E-state index contributed by atoms with van der Waals surface area (Å²) in [6.45, 7) is 0.602. The third-order valence-electron chi connectivity index (χ3n) is 3.36. The Morgan fingerprint density at radius 3 is 2.26 bits per heavy atom.